The average Bonchev–Trinajstić information content (AvgIpc) is 2.59. The molecule has 0 saturated carbocycles. The van der Waals surface area contributed by atoms with Crippen molar-refractivity contribution in [3.8, 4) is 0 Å². The molecule has 1 atom stereocenters. The molecule has 0 aliphatic carbocycles. The van der Waals surface area contributed by atoms with Crippen molar-refractivity contribution in [1.82, 2.24) is 9.21 Å². The second-order valence-corrected chi connectivity index (χ2v) is 8.31. The number of benzene rings is 1. The highest BCUT2D eigenvalue weighted by molar-refractivity contribution is 7.88. The molecule has 1 unspecified atom stereocenters. The van der Waals surface area contributed by atoms with Crippen LogP contribution < -0.4 is 0 Å². The monoisotopic (exact) mass is 368 g/mol. The van der Waals surface area contributed by atoms with Crippen molar-refractivity contribution in [2.75, 3.05) is 26.7 Å². The van der Waals surface area contributed by atoms with Gasteiger partial charge in [0.1, 0.15) is 0 Å². The lowest BCUT2D eigenvalue weighted by Crippen LogP contribution is -2.46. The maximum absolute atomic E-state index is 12.6. The molecule has 0 radical (unpaired) electrons. The molecule has 1 aromatic carbocycles. The number of nitrogens with zero attached hydrogens (tertiary/aromatic N) is 2. The van der Waals surface area contributed by atoms with E-state index in [-0.39, 0.29) is 31.2 Å². The molecular weight excluding hydrogens is 344 g/mol. The summed E-state index contributed by atoms with van der Waals surface area (Å²) in [6.07, 6.45) is 1.12. The smallest absolute Gasteiger partial charge is 0.305 e. The van der Waals surface area contributed by atoms with Crippen molar-refractivity contribution < 1.29 is 23.1 Å². The molecule has 0 bridgehead atoms. The molecule has 25 heavy (non-hydrogen) atoms. The third-order valence-electron chi connectivity index (χ3n) is 4.36. The van der Waals surface area contributed by atoms with Crippen molar-refractivity contribution in [2.24, 2.45) is 5.92 Å². The molecule has 7 nitrogen and oxygen atoms in total. The highest BCUT2D eigenvalue weighted by atomic mass is 32.2. The van der Waals surface area contributed by atoms with Crippen LogP contribution >= 0.6 is 0 Å². The molecule has 138 valence electrons. The van der Waals surface area contributed by atoms with Crippen molar-refractivity contribution in [3.05, 3.63) is 35.9 Å². The summed E-state index contributed by atoms with van der Waals surface area (Å²) in [5.74, 6) is -1.65. The third kappa shape index (κ3) is 5.54. The van der Waals surface area contributed by atoms with E-state index in [0.717, 1.165) is 5.56 Å². The van der Waals surface area contributed by atoms with Gasteiger partial charge in [-0.1, -0.05) is 30.3 Å². The van der Waals surface area contributed by atoms with Crippen molar-refractivity contribution in [3.63, 3.8) is 0 Å². The Labute approximate surface area is 148 Å². The molecule has 1 aliphatic rings. The summed E-state index contributed by atoms with van der Waals surface area (Å²) in [6.45, 7) is 0.699. The Balaban J connectivity index is 1.99. The van der Waals surface area contributed by atoms with Gasteiger partial charge in [-0.25, -0.2) is 12.7 Å². The maximum Gasteiger partial charge on any atom is 0.305 e. The van der Waals surface area contributed by atoms with Crippen LogP contribution in [0.15, 0.2) is 30.3 Å². The van der Waals surface area contributed by atoms with E-state index in [1.165, 1.54) is 9.21 Å². The van der Waals surface area contributed by atoms with E-state index in [9.17, 15) is 18.0 Å². The lowest BCUT2D eigenvalue weighted by atomic mass is 9.98. The number of piperidine rings is 1. The fraction of sp³-hybridized carbons (Fsp3) is 0.529. The molecule has 1 aliphatic heterocycles. The fourth-order valence-electron chi connectivity index (χ4n) is 2.96. The van der Waals surface area contributed by atoms with Crippen molar-refractivity contribution >= 4 is 21.9 Å². The quantitative estimate of drug-likeness (QED) is 0.779. The average molecular weight is 368 g/mol. The Kier molecular flexibility index (Phi) is 6.55. The van der Waals surface area contributed by atoms with Crippen LogP contribution in [0.3, 0.4) is 0 Å². The van der Waals surface area contributed by atoms with Gasteiger partial charge in [0.25, 0.3) is 0 Å². The number of carbonyl (C=O) groups excluding carboxylic acids is 1. The zero-order valence-corrected chi connectivity index (χ0v) is 15.1. The number of amides is 1. The molecule has 0 spiro atoms. The topological polar surface area (TPSA) is 95.0 Å². The van der Waals surface area contributed by atoms with Gasteiger partial charge in [-0.15, -0.1) is 0 Å². The van der Waals surface area contributed by atoms with E-state index in [0.29, 0.717) is 19.4 Å². The summed E-state index contributed by atoms with van der Waals surface area (Å²) in [4.78, 5) is 24.5. The minimum atomic E-state index is -3.49. The number of aliphatic carboxylic acids is 1. The summed E-state index contributed by atoms with van der Waals surface area (Å²) in [5.41, 5.74) is 0.717. The van der Waals surface area contributed by atoms with Crippen LogP contribution in [0.4, 0.5) is 0 Å². The number of carbonyl (C=O) groups is 2. The maximum atomic E-state index is 12.6. The van der Waals surface area contributed by atoms with Crippen LogP contribution in [-0.4, -0.2) is 61.3 Å². The van der Waals surface area contributed by atoms with Crippen LogP contribution in [0.2, 0.25) is 0 Å². The van der Waals surface area contributed by atoms with Gasteiger partial charge in [0, 0.05) is 26.7 Å². The first kappa shape index (κ1) is 19.4. The lowest BCUT2D eigenvalue weighted by Gasteiger charge is -2.33. The summed E-state index contributed by atoms with van der Waals surface area (Å²) in [5, 5.41) is 8.72. The van der Waals surface area contributed by atoms with Crippen LogP contribution in [-0.2, 0) is 25.4 Å². The second-order valence-electron chi connectivity index (χ2n) is 6.34. The second kappa shape index (κ2) is 8.44. The summed E-state index contributed by atoms with van der Waals surface area (Å²) in [7, 11) is -1.93. The van der Waals surface area contributed by atoms with Gasteiger partial charge >= 0.3 is 5.97 Å². The number of sulfonamides is 1. The third-order valence-corrected chi connectivity index (χ3v) is 6.17. The molecule has 1 fully saturated rings. The predicted octanol–water partition coefficient (Wildman–Crippen LogP) is 1.16. The van der Waals surface area contributed by atoms with E-state index >= 15 is 0 Å². The highest BCUT2D eigenvalue weighted by Crippen LogP contribution is 2.23. The molecule has 0 aromatic heterocycles. The Morgan fingerprint density at radius 1 is 1.28 bits per heavy atom. The zero-order chi connectivity index (χ0) is 18.4. The lowest BCUT2D eigenvalue weighted by molar-refractivity contribution is -0.139. The number of hydrogen-bond acceptors (Lipinski definition) is 4. The minimum Gasteiger partial charge on any atom is -0.481 e. The Morgan fingerprint density at radius 2 is 1.96 bits per heavy atom. The predicted molar refractivity (Wildman–Crippen MR) is 93.3 cm³/mol. The summed E-state index contributed by atoms with van der Waals surface area (Å²) in [6, 6.07) is 8.96. The largest absolute Gasteiger partial charge is 0.481 e. The first-order chi connectivity index (χ1) is 11.8. The first-order valence-electron chi connectivity index (χ1n) is 8.28. The number of carboxylic acid groups (broad SMARTS) is 1. The molecule has 1 amide bonds. The summed E-state index contributed by atoms with van der Waals surface area (Å²) < 4.78 is 26.6. The van der Waals surface area contributed by atoms with E-state index in [1.54, 1.807) is 31.3 Å². The molecule has 2 rings (SSSR count). The Morgan fingerprint density at radius 3 is 2.60 bits per heavy atom. The van der Waals surface area contributed by atoms with Gasteiger partial charge < -0.3 is 10.0 Å². The number of carboxylic acids is 1. The molecule has 8 heteroatoms. The normalized spacial score (nSPS) is 18.7. The van der Waals surface area contributed by atoms with E-state index in [1.807, 2.05) is 6.07 Å². The first-order valence-corrected chi connectivity index (χ1v) is 9.89. The fourth-order valence-corrected chi connectivity index (χ4v) is 4.57. The van der Waals surface area contributed by atoms with Gasteiger partial charge in [-0.05, 0) is 18.4 Å². The SMILES string of the molecule is CN(CCC(=O)O)C(=O)C1CCCN(S(=O)(=O)Cc2ccccc2)C1. The molecule has 1 aromatic rings. The Hall–Kier alpha value is -1.93. The van der Waals surface area contributed by atoms with Crippen LogP contribution in [0, 0.1) is 5.92 Å². The molecule has 1 N–H and O–H groups in total. The van der Waals surface area contributed by atoms with Crippen LogP contribution in [0.1, 0.15) is 24.8 Å². The minimum absolute atomic E-state index is 0.0798. The van der Waals surface area contributed by atoms with E-state index < -0.39 is 21.9 Å². The van der Waals surface area contributed by atoms with E-state index in [2.05, 4.69) is 0 Å². The number of rotatable bonds is 7. The van der Waals surface area contributed by atoms with Gasteiger partial charge in [-0.3, -0.25) is 9.59 Å². The van der Waals surface area contributed by atoms with Gasteiger partial charge in [0.15, 0.2) is 0 Å². The summed E-state index contributed by atoms with van der Waals surface area (Å²) >= 11 is 0. The van der Waals surface area contributed by atoms with Gasteiger partial charge in [0.05, 0.1) is 18.1 Å². The number of hydrogen-bond donors (Lipinski definition) is 1. The molecule has 1 heterocycles. The zero-order valence-electron chi connectivity index (χ0n) is 14.3. The van der Waals surface area contributed by atoms with Gasteiger partial charge in [-0.2, -0.15) is 0 Å². The van der Waals surface area contributed by atoms with Crippen LogP contribution in [0.25, 0.3) is 0 Å². The molecular formula is C17H24N2O5S. The molecule has 1 saturated heterocycles. The van der Waals surface area contributed by atoms with E-state index in [4.69, 9.17) is 5.11 Å². The Bertz CT molecular complexity index is 705. The van der Waals surface area contributed by atoms with Crippen LogP contribution in [0.5, 0.6) is 0 Å². The van der Waals surface area contributed by atoms with Gasteiger partial charge in [0.2, 0.25) is 15.9 Å². The highest BCUT2D eigenvalue weighted by Gasteiger charge is 2.33. The standard InChI is InChI=1S/C17H24N2O5S/c1-18(11-9-16(20)21)17(22)15-8-5-10-19(12-15)25(23,24)13-14-6-3-2-4-7-14/h2-4,6-7,15H,5,8-13H2,1H3,(H,20,21). The van der Waals surface area contributed by atoms with Crippen molar-refractivity contribution in [1.29, 1.82) is 0 Å². The van der Waals surface area contributed by atoms with Crippen molar-refractivity contribution in [2.45, 2.75) is 25.0 Å².